The van der Waals surface area contributed by atoms with Crippen LogP contribution in [0, 0.1) is 0 Å². The Morgan fingerprint density at radius 2 is 1.76 bits per heavy atom. The molecule has 0 aliphatic carbocycles. The molecule has 0 aliphatic rings. The van der Waals surface area contributed by atoms with Crippen LogP contribution in [-0.2, 0) is 6.54 Å². The summed E-state index contributed by atoms with van der Waals surface area (Å²) < 4.78 is 11.1. The number of halogens is 1. The van der Waals surface area contributed by atoms with Gasteiger partial charge in [0.1, 0.15) is 5.75 Å². The van der Waals surface area contributed by atoms with E-state index in [1.54, 1.807) is 7.11 Å². The smallest absolute Gasteiger partial charge is 0.188 e. The van der Waals surface area contributed by atoms with E-state index in [0.717, 1.165) is 30.7 Å². The van der Waals surface area contributed by atoms with Crippen LogP contribution in [0.2, 0.25) is 0 Å². The predicted octanol–water partition coefficient (Wildman–Crippen LogP) is 4.31. The molecule has 2 aromatic rings. The SMILES string of the molecule is CCCCNC(N)=NCc1ccc(Oc2ccccc2OC)cc1.I. The van der Waals surface area contributed by atoms with E-state index < -0.39 is 0 Å². The number of guanidine groups is 1. The van der Waals surface area contributed by atoms with Crippen LogP contribution in [0.4, 0.5) is 0 Å². The monoisotopic (exact) mass is 455 g/mol. The van der Waals surface area contributed by atoms with Crippen LogP contribution in [0.3, 0.4) is 0 Å². The van der Waals surface area contributed by atoms with Crippen molar-refractivity contribution in [2.45, 2.75) is 26.3 Å². The van der Waals surface area contributed by atoms with Crippen LogP contribution < -0.4 is 20.5 Å². The van der Waals surface area contributed by atoms with Crippen LogP contribution in [-0.4, -0.2) is 19.6 Å². The average Bonchev–Trinajstić information content (AvgIpc) is 2.62. The van der Waals surface area contributed by atoms with Gasteiger partial charge in [0.15, 0.2) is 17.5 Å². The number of nitrogens with two attached hydrogens (primary N) is 1. The van der Waals surface area contributed by atoms with Gasteiger partial charge in [0.25, 0.3) is 0 Å². The van der Waals surface area contributed by atoms with Crippen molar-refractivity contribution in [1.82, 2.24) is 5.32 Å². The summed E-state index contributed by atoms with van der Waals surface area (Å²) in [6.07, 6.45) is 2.22. The molecule has 0 bridgehead atoms. The first-order chi connectivity index (χ1) is 11.7. The van der Waals surface area contributed by atoms with Gasteiger partial charge in [-0.1, -0.05) is 37.6 Å². The fraction of sp³-hybridized carbons (Fsp3) is 0.316. The van der Waals surface area contributed by atoms with Gasteiger partial charge in [0.05, 0.1) is 13.7 Å². The Morgan fingerprint density at radius 3 is 2.40 bits per heavy atom. The third-order valence-electron chi connectivity index (χ3n) is 3.49. The highest BCUT2D eigenvalue weighted by Gasteiger charge is 2.04. The fourth-order valence-electron chi connectivity index (χ4n) is 2.12. The highest BCUT2D eigenvalue weighted by molar-refractivity contribution is 14.0. The van der Waals surface area contributed by atoms with Gasteiger partial charge in [-0.25, -0.2) is 4.99 Å². The van der Waals surface area contributed by atoms with Crippen LogP contribution in [0.1, 0.15) is 25.3 Å². The number of aliphatic imine (C=N–C) groups is 1. The fourth-order valence-corrected chi connectivity index (χ4v) is 2.12. The van der Waals surface area contributed by atoms with Gasteiger partial charge in [-0.2, -0.15) is 0 Å². The van der Waals surface area contributed by atoms with Crippen LogP contribution in [0.5, 0.6) is 17.2 Å². The summed E-state index contributed by atoms with van der Waals surface area (Å²) in [4.78, 5) is 4.33. The molecule has 0 heterocycles. The summed E-state index contributed by atoms with van der Waals surface area (Å²) in [5, 5.41) is 3.10. The normalized spacial score (nSPS) is 10.7. The van der Waals surface area contributed by atoms with Gasteiger partial charge in [-0.05, 0) is 36.2 Å². The zero-order valence-corrected chi connectivity index (χ0v) is 17.0. The van der Waals surface area contributed by atoms with E-state index in [1.165, 1.54) is 0 Å². The zero-order chi connectivity index (χ0) is 17.2. The van der Waals surface area contributed by atoms with Crippen molar-refractivity contribution >= 4 is 29.9 Å². The van der Waals surface area contributed by atoms with Crippen molar-refractivity contribution < 1.29 is 9.47 Å². The van der Waals surface area contributed by atoms with Gasteiger partial charge in [0, 0.05) is 6.54 Å². The van der Waals surface area contributed by atoms with Crippen molar-refractivity contribution in [3.05, 3.63) is 54.1 Å². The van der Waals surface area contributed by atoms with E-state index >= 15 is 0 Å². The maximum absolute atomic E-state index is 5.85. The topological polar surface area (TPSA) is 68.9 Å². The molecule has 0 saturated carbocycles. The molecule has 0 spiro atoms. The third-order valence-corrected chi connectivity index (χ3v) is 3.49. The molecule has 0 aromatic heterocycles. The van der Waals surface area contributed by atoms with Crippen LogP contribution in [0.25, 0.3) is 0 Å². The zero-order valence-electron chi connectivity index (χ0n) is 14.7. The standard InChI is InChI=1S/C19H25N3O2.HI/c1-3-4-13-21-19(20)22-14-15-9-11-16(12-10-15)24-18-8-6-5-7-17(18)23-2;/h5-12H,3-4,13-14H2,1-2H3,(H3,20,21,22);1H. The maximum Gasteiger partial charge on any atom is 0.188 e. The highest BCUT2D eigenvalue weighted by atomic mass is 127. The number of methoxy groups -OCH3 is 1. The molecule has 0 atom stereocenters. The minimum atomic E-state index is 0. The number of benzene rings is 2. The second-order valence-electron chi connectivity index (χ2n) is 5.38. The molecule has 3 N–H and O–H groups in total. The Labute approximate surface area is 166 Å². The Balaban J connectivity index is 0.00000312. The number of hydrogen-bond acceptors (Lipinski definition) is 3. The average molecular weight is 455 g/mol. The number of rotatable bonds is 8. The van der Waals surface area contributed by atoms with Crippen molar-refractivity contribution in [2.75, 3.05) is 13.7 Å². The molecule has 25 heavy (non-hydrogen) atoms. The number of nitrogens with zero attached hydrogens (tertiary/aromatic N) is 1. The first-order valence-electron chi connectivity index (χ1n) is 8.16. The minimum Gasteiger partial charge on any atom is -0.493 e. The number of hydrogen-bond donors (Lipinski definition) is 2. The molecule has 6 heteroatoms. The van der Waals surface area contributed by atoms with Crippen LogP contribution >= 0.6 is 24.0 Å². The van der Waals surface area contributed by atoms with Gasteiger partial charge >= 0.3 is 0 Å². The van der Waals surface area contributed by atoms with Crippen molar-refractivity contribution in [2.24, 2.45) is 10.7 Å². The molecule has 0 aliphatic heterocycles. The lowest BCUT2D eigenvalue weighted by molar-refractivity contribution is 0.379. The number of para-hydroxylation sites is 2. The predicted molar refractivity (Wildman–Crippen MR) is 113 cm³/mol. The second kappa shape index (κ2) is 11.6. The van der Waals surface area contributed by atoms with Gasteiger partial charge in [0.2, 0.25) is 0 Å². The van der Waals surface area contributed by atoms with Gasteiger partial charge < -0.3 is 20.5 Å². The Kier molecular flexibility index (Phi) is 9.76. The lowest BCUT2D eigenvalue weighted by Crippen LogP contribution is -2.32. The molecule has 0 fully saturated rings. The molecular weight excluding hydrogens is 429 g/mol. The van der Waals surface area contributed by atoms with E-state index in [4.69, 9.17) is 15.2 Å². The summed E-state index contributed by atoms with van der Waals surface area (Å²) >= 11 is 0. The first kappa shape index (κ1) is 21.1. The summed E-state index contributed by atoms with van der Waals surface area (Å²) in [6.45, 7) is 3.54. The van der Waals surface area contributed by atoms with Crippen molar-refractivity contribution in [3.8, 4) is 17.2 Å². The first-order valence-corrected chi connectivity index (χ1v) is 8.16. The summed E-state index contributed by atoms with van der Waals surface area (Å²) in [6, 6.07) is 15.4. The van der Waals surface area contributed by atoms with E-state index in [-0.39, 0.29) is 24.0 Å². The Bertz CT molecular complexity index is 660. The molecule has 0 amide bonds. The second-order valence-corrected chi connectivity index (χ2v) is 5.38. The summed E-state index contributed by atoms with van der Waals surface area (Å²) in [5.41, 5.74) is 6.90. The number of unbranched alkanes of at least 4 members (excludes halogenated alkanes) is 1. The Hall–Kier alpha value is -1.96. The molecule has 0 unspecified atom stereocenters. The van der Waals surface area contributed by atoms with E-state index in [0.29, 0.717) is 24.0 Å². The lowest BCUT2D eigenvalue weighted by atomic mass is 10.2. The van der Waals surface area contributed by atoms with E-state index in [2.05, 4.69) is 17.2 Å². The van der Waals surface area contributed by atoms with Crippen LogP contribution in [0.15, 0.2) is 53.5 Å². The van der Waals surface area contributed by atoms with E-state index in [9.17, 15) is 0 Å². The Morgan fingerprint density at radius 1 is 1.08 bits per heavy atom. The molecule has 2 rings (SSSR count). The maximum atomic E-state index is 5.85. The number of ether oxygens (including phenoxy) is 2. The molecule has 0 radical (unpaired) electrons. The van der Waals surface area contributed by atoms with Crippen molar-refractivity contribution in [3.63, 3.8) is 0 Å². The largest absolute Gasteiger partial charge is 0.493 e. The van der Waals surface area contributed by atoms with E-state index in [1.807, 2.05) is 48.5 Å². The summed E-state index contributed by atoms with van der Waals surface area (Å²) in [5.74, 6) is 2.63. The molecular formula is C19H26IN3O2. The quantitative estimate of drug-likeness (QED) is 0.270. The highest BCUT2D eigenvalue weighted by Crippen LogP contribution is 2.30. The van der Waals surface area contributed by atoms with Crippen molar-refractivity contribution in [1.29, 1.82) is 0 Å². The summed E-state index contributed by atoms with van der Waals surface area (Å²) in [7, 11) is 1.63. The molecule has 5 nitrogen and oxygen atoms in total. The van der Waals surface area contributed by atoms with Gasteiger partial charge in [-0.15, -0.1) is 24.0 Å². The molecule has 2 aromatic carbocycles. The lowest BCUT2D eigenvalue weighted by Gasteiger charge is -2.10. The number of nitrogens with one attached hydrogen (secondary N) is 1. The minimum absolute atomic E-state index is 0. The third kappa shape index (κ3) is 7.21. The van der Waals surface area contributed by atoms with Gasteiger partial charge in [-0.3, -0.25) is 0 Å². The molecule has 136 valence electrons. The molecule has 0 saturated heterocycles.